The number of para-hydroxylation sites is 1. The molecule has 2 heterocycles. The Balaban J connectivity index is 1.59. The van der Waals surface area contributed by atoms with E-state index in [4.69, 9.17) is 9.15 Å². The zero-order valence-corrected chi connectivity index (χ0v) is 13.4. The monoisotopic (exact) mass is 323 g/mol. The van der Waals surface area contributed by atoms with Gasteiger partial charge in [0.25, 0.3) is 5.91 Å². The van der Waals surface area contributed by atoms with E-state index in [1.165, 1.54) is 6.20 Å². The maximum Gasteiger partial charge on any atom is 0.253 e. The van der Waals surface area contributed by atoms with E-state index in [0.717, 1.165) is 11.5 Å². The van der Waals surface area contributed by atoms with Gasteiger partial charge in [-0.15, -0.1) is 0 Å². The van der Waals surface area contributed by atoms with Crippen LogP contribution in [0.5, 0.6) is 11.6 Å². The lowest BCUT2D eigenvalue weighted by atomic mass is 10.2. The van der Waals surface area contributed by atoms with E-state index in [2.05, 4.69) is 15.3 Å². The van der Waals surface area contributed by atoms with Crippen LogP contribution in [-0.2, 0) is 6.54 Å². The highest BCUT2D eigenvalue weighted by atomic mass is 16.5. The van der Waals surface area contributed by atoms with Gasteiger partial charge in [-0.3, -0.25) is 4.79 Å². The molecule has 0 aliphatic carbocycles. The largest absolute Gasteiger partial charge is 0.444 e. The predicted molar refractivity (Wildman–Crippen MR) is 87.9 cm³/mol. The van der Waals surface area contributed by atoms with Crippen molar-refractivity contribution in [2.45, 2.75) is 20.4 Å². The molecule has 0 saturated heterocycles. The molecule has 0 radical (unpaired) electrons. The van der Waals surface area contributed by atoms with Crippen LogP contribution < -0.4 is 10.1 Å². The van der Waals surface area contributed by atoms with E-state index >= 15 is 0 Å². The van der Waals surface area contributed by atoms with E-state index in [0.29, 0.717) is 23.1 Å². The van der Waals surface area contributed by atoms with Crippen LogP contribution in [0, 0.1) is 13.8 Å². The number of amides is 1. The van der Waals surface area contributed by atoms with E-state index in [-0.39, 0.29) is 12.5 Å². The Hall–Kier alpha value is -3.15. The van der Waals surface area contributed by atoms with Crippen LogP contribution in [-0.4, -0.2) is 15.9 Å². The number of rotatable bonds is 5. The molecule has 122 valence electrons. The number of ether oxygens (including phenoxy) is 1. The summed E-state index contributed by atoms with van der Waals surface area (Å²) < 4.78 is 11.0. The van der Waals surface area contributed by atoms with Crippen molar-refractivity contribution in [1.82, 2.24) is 15.3 Å². The summed E-state index contributed by atoms with van der Waals surface area (Å²) in [4.78, 5) is 20.5. The summed E-state index contributed by atoms with van der Waals surface area (Å²) in [5.41, 5.74) is 1.26. The van der Waals surface area contributed by atoms with Crippen molar-refractivity contribution >= 4 is 5.91 Å². The van der Waals surface area contributed by atoms with Gasteiger partial charge < -0.3 is 14.5 Å². The molecule has 6 heteroatoms. The molecule has 0 aliphatic heterocycles. The summed E-state index contributed by atoms with van der Waals surface area (Å²) in [6.07, 6.45) is 1.47. The summed E-state index contributed by atoms with van der Waals surface area (Å²) in [5.74, 6) is 2.11. The van der Waals surface area contributed by atoms with Crippen molar-refractivity contribution < 1.29 is 13.9 Å². The van der Waals surface area contributed by atoms with Crippen LogP contribution in [0.25, 0.3) is 0 Å². The Kier molecular flexibility index (Phi) is 4.56. The second kappa shape index (κ2) is 6.95. The number of pyridine rings is 1. The van der Waals surface area contributed by atoms with Crippen molar-refractivity contribution in [3.63, 3.8) is 0 Å². The van der Waals surface area contributed by atoms with Crippen molar-refractivity contribution in [3.8, 4) is 11.6 Å². The fraction of sp³-hybridized carbons (Fsp3) is 0.167. The molecule has 3 aromatic rings. The minimum atomic E-state index is -0.248. The normalized spacial score (nSPS) is 10.4. The zero-order chi connectivity index (χ0) is 16.9. The Morgan fingerprint density at radius 2 is 1.96 bits per heavy atom. The topological polar surface area (TPSA) is 77.2 Å². The molecule has 0 spiro atoms. The van der Waals surface area contributed by atoms with E-state index in [1.807, 2.05) is 44.2 Å². The van der Waals surface area contributed by atoms with Gasteiger partial charge in [0.05, 0.1) is 17.8 Å². The van der Waals surface area contributed by atoms with Gasteiger partial charge in [-0.25, -0.2) is 9.97 Å². The first-order valence-electron chi connectivity index (χ1n) is 7.52. The van der Waals surface area contributed by atoms with E-state index in [1.54, 1.807) is 12.1 Å². The van der Waals surface area contributed by atoms with E-state index < -0.39 is 0 Å². The Labute approximate surface area is 139 Å². The fourth-order valence-electron chi connectivity index (χ4n) is 2.06. The van der Waals surface area contributed by atoms with Crippen molar-refractivity contribution in [2.75, 3.05) is 0 Å². The number of hydrogen-bond acceptors (Lipinski definition) is 5. The third kappa shape index (κ3) is 3.78. The van der Waals surface area contributed by atoms with Crippen LogP contribution in [0.4, 0.5) is 0 Å². The summed E-state index contributed by atoms with van der Waals surface area (Å²) in [6, 6.07) is 12.6. The minimum Gasteiger partial charge on any atom is -0.444 e. The van der Waals surface area contributed by atoms with Gasteiger partial charge in [0.15, 0.2) is 0 Å². The first-order chi connectivity index (χ1) is 11.6. The number of carbonyl (C=O) groups is 1. The molecule has 2 aromatic heterocycles. The maximum absolute atomic E-state index is 12.1. The molecule has 24 heavy (non-hydrogen) atoms. The molecular weight excluding hydrogens is 306 g/mol. The number of oxazole rings is 1. The molecule has 1 amide bonds. The number of aromatic nitrogens is 2. The summed E-state index contributed by atoms with van der Waals surface area (Å²) in [5, 5.41) is 2.75. The molecule has 0 fully saturated rings. The third-order valence-electron chi connectivity index (χ3n) is 3.44. The summed E-state index contributed by atoms with van der Waals surface area (Å²) >= 11 is 0. The molecule has 0 unspecified atom stereocenters. The van der Waals surface area contributed by atoms with E-state index in [9.17, 15) is 4.79 Å². The second-order valence-electron chi connectivity index (χ2n) is 5.23. The molecule has 0 saturated carbocycles. The van der Waals surface area contributed by atoms with Gasteiger partial charge in [0.1, 0.15) is 11.5 Å². The highest BCUT2D eigenvalue weighted by Crippen LogP contribution is 2.18. The zero-order valence-electron chi connectivity index (χ0n) is 13.4. The first kappa shape index (κ1) is 15.7. The van der Waals surface area contributed by atoms with Crippen LogP contribution in [0.15, 0.2) is 53.1 Å². The Morgan fingerprint density at radius 1 is 1.17 bits per heavy atom. The maximum atomic E-state index is 12.1. The van der Waals surface area contributed by atoms with Gasteiger partial charge in [-0.2, -0.15) is 0 Å². The SMILES string of the molecule is Cc1nc(CNC(=O)c2ccc(Oc3ccccc3)nc2)oc1C. The molecular formula is C18H17N3O3. The summed E-state index contributed by atoms with van der Waals surface area (Å²) in [6.45, 7) is 3.93. The molecule has 0 atom stereocenters. The number of carbonyl (C=O) groups excluding carboxylic acids is 1. The lowest BCUT2D eigenvalue weighted by Crippen LogP contribution is -2.23. The number of hydrogen-bond donors (Lipinski definition) is 1. The highest BCUT2D eigenvalue weighted by molar-refractivity contribution is 5.93. The number of benzene rings is 1. The molecule has 1 N–H and O–H groups in total. The van der Waals surface area contributed by atoms with Crippen molar-refractivity contribution in [1.29, 1.82) is 0 Å². The number of nitrogens with one attached hydrogen (secondary N) is 1. The van der Waals surface area contributed by atoms with Crippen LogP contribution >= 0.6 is 0 Å². The third-order valence-corrected chi connectivity index (χ3v) is 3.44. The summed E-state index contributed by atoms with van der Waals surface area (Å²) in [7, 11) is 0. The predicted octanol–water partition coefficient (Wildman–Crippen LogP) is 3.41. The lowest BCUT2D eigenvalue weighted by Gasteiger charge is -2.06. The smallest absolute Gasteiger partial charge is 0.253 e. The molecule has 6 nitrogen and oxygen atoms in total. The average Bonchev–Trinajstić information content (AvgIpc) is 2.92. The van der Waals surface area contributed by atoms with Crippen molar-refractivity contribution in [2.24, 2.45) is 0 Å². The standard InChI is InChI=1S/C18H17N3O3/c1-12-13(2)23-17(21-12)11-20-18(22)14-8-9-16(19-10-14)24-15-6-4-3-5-7-15/h3-10H,11H2,1-2H3,(H,20,22). The quantitative estimate of drug-likeness (QED) is 0.778. The minimum absolute atomic E-state index is 0.232. The van der Waals surface area contributed by atoms with Crippen LogP contribution in [0.1, 0.15) is 27.7 Å². The Bertz CT molecular complexity index is 807. The van der Waals surface area contributed by atoms with Gasteiger partial charge in [0.2, 0.25) is 11.8 Å². The average molecular weight is 323 g/mol. The Morgan fingerprint density at radius 3 is 2.58 bits per heavy atom. The van der Waals surface area contributed by atoms with Crippen LogP contribution in [0.2, 0.25) is 0 Å². The lowest BCUT2D eigenvalue weighted by molar-refractivity contribution is 0.0946. The second-order valence-corrected chi connectivity index (χ2v) is 5.23. The van der Waals surface area contributed by atoms with Gasteiger partial charge in [0, 0.05) is 12.3 Å². The van der Waals surface area contributed by atoms with Gasteiger partial charge in [-0.1, -0.05) is 18.2 Å². The first-order valence-corrected chi connectivity index (χ1v) is 7.52. The fourth-order valence-corrected chi connectivity index (χ4v) is 2.06. The number of nitrogens with zero attached hydrogens (tertiary/aromatic N) is 2. The molecule has 0 aliphatic rings. The van der Waals surface area contributed by atoms with Gasteiger partial charge in [-0.05, 0) is 32.0 Å². The van der Waals surface area contributed by atoms with Crippen molar-refractivity contribution in [3.05, 3.63) is 71.6 Å². The molecule has 1 aromatic carbocycles. The molecule has 3 rings (SSSR count). The number of aryl methyl sites for hydroxylation is 2. The van der Waals surface area contributed by atoms with Crippen LogP contribution in [0.3, 0.4) is 0 Å². The molecule has 0 bridgehead atoms. The highest BCUT2D eigenvalue weighted by Gasteiger charge is 2.10. The van der Waals surface area contributed by atoms with Gasteiger partial charge >= 0.3 is 0 Å².